The first-order valence-electron chi connectivity index (χ1n) is 8.58. The molecule has 1 N–H and O–H groups in total. The number of hydrogen-bond acceptors (Lipinski definition) is 5. The average Bonchev–Trinajstić information content (AvgIpc) is 3.00. The zero-order chi connectivity index (χ0) is 18.1. The van der Waals surface area contributed by atoms with E-state index in [1.807, 2.05) is 36.4 Å². The van der Waals surface area contributed by atoms with Crippen LogP contribution in [-0.4, -0.2) is 48.1 Å². The Morgan fingerprint density at radius 3 is 2.58 bits per heavy atom. The fraction of sp³-hybridized carbons (Fsp3) is 0.263. The number of nitrogens with one attached hydrogen (secondary N) is 1. The van der Waals surface area contributed by atoms with Crippen LogP contribution in [0.15, 0.2) is 53.3 Å². The molecule has 0 atom stereocenters. The van der Waals surface area contributed by atoms with Gasteiger partial charge in [-0.3, -0.25) is 4.79 Å². The Bertz CT molecular complexity index is 1000. The SMILES string of the molecule is CN1CCN(c2cccc(NC(=O)n3sc4ccccc4c3=O)c2)CC1. The van der Waals surface area contributed by atoms with Crippen LogP contribution in [0.25, 0.3) is 10.1 Å². The molecule has 0 radical (unpaired) electrons. The minimum Gasteiger partial charge on any atom is -0.369 e. The molecular weight excluding hydrogens is 348 g/mol. The van der Waals surface area contributed by atoms with Crippen molar-refractivity contribution in [1.82, 2.24) is 8.86 Å². The highest BCUT2D eigenvalue weighted by atomic mass is 32.1. The third kappa shape index (κ3) is 3.23. The topological polar surface area (TPSA) is 57.6 Å². The van der Waals surface area contributed by atoms with Crippen LogP contribution in [0.5, 0.6) is 0 Å². The van der Waals surface area contributed by atoms with Crippen molar-refractivity contribution < 1.29 is 4.79 Å². The predicted molar refractivity (Wildman–Crippen MR) is 107 cm³/mol. The number of fused-ring (bicyclic) bond motifs is 1. The molecule has 0 saturated carbocycles. The van der Waals surface area contributed by atoms with Gasteiger partial charge in [0.25, 0.3) is 5.56 Å². The van der Waals surface area contributed by atoms with Crippen LogP contribution in [0.3, 0.4) is 0 Å². The van der Waals surface area contributed by atoms with Crippen molar-refractivity contribution in [3.05, 3.63) is 58.9 Å². The largest absolute Gasteiger partial charge is 0.369 e. The lowest BCUT2D eigenvalue weighted by Gasteiger charge is -2.34. The van der Waals surface area contributed by atoms with Crippen LogP contribution in [0.4, 0.5) is 16.2 Å². The van der Waals surface area contributed by atoms with Gasteiger partial charge < -0.3 is 15.1 Å². The first kappa shape index (κ1) is 16.8. The minimum absolute atomic E-state index is 0.279. The number of piperazine rings is 1. The van der Waals surface area contributed by atoms with E-state index in [4.69, 9.17) is 0 Å². The molecule has 2 heterocycles. The number of anilines is 2. The van der Waals surface area contributed by atoms with E-state index in [1.165, 1.54) is 3.96 Å². The van der Waals surface area contributed by atoms with Crippen molar-refractivity contribution in [1.29, 1.82) is 0 Å². The number of carbonyl (C=O) groups excluding carboxylic acids is 1. The first-order chi connectivity index (χ1) is 12.6. The predicted octanol–water partition coefficient (Wildman–Crippen LogP) is 2.90. The molecule has 134 valence electrons. The van der Waals surface area contributed by atoms with E-state index >= 15 is 0 Å². The number of likely N-dealkylation sites (N-methyl/N-ethyl adjacent to an activating group) is 1. The molecule has 2 aromatic carbocycles. The summed E-state index contributed by atoms with van der Waals surface area (Å²) in [5.74, 6) is 0. The van der Waals surface area contributed by atoms with Crippen molar-refractivity contribution in [3.8, 4) is 0 Å². The van der Waals surface area contributed by atoms with Gasteiger partial charge in [0.2, 0.25) is 0 Å². The van der Waals surface area contributed by atoms with E-state index in [0.717, 1.165) is 48.1 Å². The van der Waals surface area contributed by atoms with Crippen LogP contribution in [-0.2, 0) is 0 Å². The van der Waals surface area contributed by atoms with Crippen molar-refractivity contribution >= 4 is 39.0 Å². The lowest BCUT2D eigenvalue weighted by atomic mass is 10.2. The lowest BCUT2D eigenvalue weighted by Crippen LogP contribution is -2.44. The molecule has 1 fully saturated rings. The summed E-state index contributed by atoms with van der Waals surface area (Å²) in [5, 5.41) is 3.41. The number of amides is 1. The first-order valence-corrected chi connectivity index (χ1v) is 9.35. The zero-order valence-corrected chi connectivity index (χ0v) is 15.3. The summed E-state index contributed by atoms with van der Waals surface area (Å²) in [7, 11) is 2.12. The minimum atomic E-state index is -0.424. The number of carbonyl (C=O) groups is 1. The van der Waals surface area contributed by atoms with Crippen molar-refractivity contribution in [2.24, 2.45) is 0 Å². The molecule has 1 aromatic heterocycles. The van der Waals surface area contributed by atoms with Crippen molar-refractivity contribution in [2.45, 2.75) is 0 Å². The van der Waals surface area contributed by atoms with Gasteiger partial charge in [0, 0.05) is 37.6 Å². The normalized spacial score (nSPS) is 15.3. The summed E-state index contributed by atoms with van der Waals surface area (Å²) >= 11 is 1.16. The van der Waals surface area contributed by atoms with E-state index in [0.29, 0.717) is 11.1 Å². The monoisotopic (exact) mass is 368 g/mol. The lowest BCUT2D eigenvalue weighted by molar-refractivity contribution is 0.255. The summed E-state index contributed by atoms with van der Waals surface area (Å²) < 4.78 is 1.98. The molecule has 1 amide bonds. The van der Waals surface area contributed by atoms with E-state index in [9.17, 15) is 9.59 Å². The fourth-order valence-electron chi connectivity index (χ4n) is 3.13. The Balaban J connectivity index is 1.55. The van der Waals surface area contributed by atoms with Crippen LogP contribution >= 0.6 is 11.5 Å². The second kappa shape index (κ2) is 6.93. The summed E-state index contributed by atoms with van der Waals surface area (Å²) in [6, 6.07) is 14.6. The third-order valence-corrected chi connectivity index (χ3v) is 5.71. The highest BCUT2D eigenvalue weighted by Gasteiger charge is 2.16. The van der Waals surface area contributed by atoms with Crippen molar-refractivity contribution in [3.63, 3.8) is 0 Å². The third-order valence-electron chi connectivity index (χ3n) is 4.64. The van der Waals surface area contributed by atoms with Crippen LogP contribution < -0.4 is 15.8 Å². The molecule has 1 aliphatic rings. The Hall–Kier alpha value is -2.64. The number of benzene rings is 2. The van der Waals surface area contributed by atoms with Crippen LogP contribution in [0.1, 0.15) is 0 Å². The Morgan fingerprint density at radius 1 is 1.04 bits per heavy atom. The fourth-order valence-corrected chi connectivity index (χ4v) is 4.02. The number of aromatic nitrogens is 1. The summed E-state index contributed by atoms with van der Waals surface area (Å²) in [6.07, 6.45) is 0. The Labute approximate surface area is 155 Å². The van der Waals surface area contributed by atoms with Gasteiger partial charge in [0.1, 0.15) is 0 Å². The van der Waals surface area contributed by atoms with Gasteiger partial charge in [-0.2, -0.15) is 3.96 Å². The van der Waals surface area contributed by atoms with Crippen LogP contribution in [0, 0.1) is 0 Å². The molecule has 1 saturated heterocycles. The molecular formula is C19H20N4O2S. The molecule has 0 aliphatic carbocycles. The van der Waals surface area contributed by atoms with E-state index in [-0.39, 0.29) is 5.56 Å². The summed E-state index contributed by atoms with van der Waals surface area (Å²) in [5.41, 5.74) is 1.49. The summed E-state index contributed by atoms with van der Waals surface area (Å²) in [6.45, 7) is 3.97. The molecule has 0 unspecified atom stereocenters. The number of rotatable bonds is 2. The maximum Gasteiger partial charge on any atom is 0.342 e. The molecule has 0 spiro atoms. The number of nitrogens with zero attached hydrogens (tertiary/aromatic N) is 3. The zero-order valence-electron chi connectivity index (χ0n) is 14.5. The van der Waals surface area contributed by atoms with Gasteiger partial charge in [0.05, 0.1) is 10.1 Å². The van der Waals surface area contributed by atoms with Gasteiger partial charge in [-0.05, 0) is 48.9 Å². The average molecular weight is 368 g/mol. The molecule has 26 heavy (non-hydrogen) atoms. The van der Waals surface area contributed by atoms with E-state index < -0.39 is 6.03 Å². The van der Waals surface area contributed by atoms with Gasteiger partial charge in [-0.25, -0.2) is 4.79 Å². The van der Waals surface area contributed by atoms with Crippen LogP contribution in [0.2, 0.25) is 0 Å². The second-order valence-corrected chi connectivity index (χ2v) is 7.45. The van der Waals surface area contributed by atoms with Crippen molar-refractivity contribution in [2.75, 3.05) is 43.4 Å². The molecule has 6 nitrogen and oxygen atoms in total. The number of hydrogen-bond donors (Lipinski definition) is 1. The Kier molecular flexibility index (Phi) is 4.48. The highest BCUT2D eigenvalue weighted by molar-refractivity contribution is 7.14. The maximum absolute atomic E-state index is 12.6. The standard InChI is InChI=1S/C19H20N4O2S/c1-21-9-11-22(12-10-21)15-6-4-5-14(13-15)20-19(25)23-18(24)16-7-2-3-8-17(16)26-23/h2-8,13H,9-12H2,1H3,(H,20,25). The molecule has 0 bridgehead atoms. The molecule has 1 aliphatic heterocycles. The van der Waals surface area contributed by atoms with Gasteiger partial charge in [0.15, 0.2) is 0 Å². The second-order valence-electron chi connectivity index (χ2n) is 6.46. The summed E-state index contributed by atoms with van der Waals surface area (Å²) in [4.78, 5) is 29.6. The smallest absolute Gasteiger partial charge is 0.342 e. The maximum atomic E-state index is 12.6. The molecule has 7 heteroatoms. The van der Waals surface area contributed by atoms with E-state index in [2.05, 4.69) is 22.2 Å². The van der Waals surface area contributed by atoms with Gasteiger partial charge >= 0.3 is 6.03 Å². The van der Waals surface area contributed by atoms with Gasteiger partial charge in [-0.1, -0.05) is 18.2 Å². The quantitative estimate of drug-likeness (QED) is 0.756. The van der Waals surface area contributed by atoms with E-state index in [1.54, 1.807) is 12.1 Å². The molecule has 4 rings (SSSR count). The van der Waals surface area contributed by atoms with Gasteiger partial charge in [-0.15, -0.1) is 0 Å². The Morgan fingerprint density at radius 2 is 1.81 bits per heavy atom. The molecule has 3 aromatic rings. The highest BCUT2D eigenvalue weighted by Crippen LogP contribution is 2.22.